The minimum atomic E-state index is -0.686. The van der Waals surface area contributed by atoms with Gasteiger partial charge in [0.05, 0.1) is 5.60 Å². The molecule has 0 bridgehead atoms. The van der Waals surface area contributed by atoms with Crippen LogP contribution in [0.3, 0.4) is 0 Å². The van der Waals surface area contributed by atoms with E-state index in [0.717, 1.165) is 51.4 Å². The first-order valence-electron chi connectivity index (χ1n) is 13.8. The van der Waals surface area contributed by atoms with Crippen molar-refractivity contribution in [3.63, 3.8) is 0 Å². The SMILES string of the molecule is C=C(C)[C@@H]1CC[C@]2(C)[C@H](CC[C@]3(C)[C@@H]([C@@](C)(O)CCC=C(C)C)CC[C@@]23C)[C@@]1(C)CCC(=O)O. The fourth-order valence-corrected chi connectivity index (χ4v) is 9.84. The van der Waals surface area contributed by atoms with E-state index in [9.17, 15) is 15.0 Å². The van der Waals surface area contributed by atoms with Crippen molar-refractivity contribution in [1.29, 1.82) is 0 Å². The van der Waals surface area contributed by atoms with Crippen molar-refractivity contribution in [1.82, 2.24) is 0 Å². The molecule has 0 spiro atoms. The third-order valence-electron chi connectivity index (χ3n) is 11.9. The lowest BCUT2D eigenvalue weighted by atomic mass is 9.35. The Morgan fingerprint density at radius 1 is 1.03 bits per heavy atom. The molecule has 0 amide bonds. The molecule has 34 heavy (non-hydrogen) atoms. The monoisotopic (exact) mass is 472 g/mol. The Morgan fingerprint density at radius 2 is 1.65 bits per heavy atom. The van der Waals surface area contributed by atoms with Gasteiger partial charge < -0.3 is 10.2 Å². The predicted octanol–water partition coefficient (Wildman–Crippen LogP) is 8.18. The van der Waals surface area contributed by atoms with Gasteiger partial charge in [-0.15, -0.1) is 0 Å². The van der Waals surface area contributed by atoms with Gasteiger partial charge in [0.15, 0.2) is 0 Å². The van der Waals surface area contributed by atoms with Crippen molar-refractivity contribution in [2.24, 2.45) is 39.4 Å². The number of aliphatic carboxylic acids is 1. The number of aliphatic hydroxyl groups is 1. The molecule has 3 saturated carbocycles. The number of carboxylic acids is 1. The highest BCUT2D eigenvalue weighted by molar-refractivity contribution is 5.66. The van der Waals surface area contributed by atoms with Gasteiger partial charge in [0.25, 0.3) is 0 Å². The zero-order chi connectivity index (χ0) is 25.7. The van der Waals surface area contributed by atoms with Crippen LogP contribution in [0.5, 0.6) is 0 Å². The van der Waals surface area contributed by atoms with E-state index in [-0.39, 0.29) is 28.1 Å². The first-order chi connectivity index (χ1) is 15.5. The summed E-state index contributed by atoms with van der Waals surface area (Å²) in [5.74, 6) is 0.496. The summed E-state index contributed by atoms with van der Waals surface area (Å²) in [7, 11) is 0. The van der Waals surface area contributed by atoms with Crippen molar-refractivity contribution < 1.29 is 15.0 Å². The predicted molar refractivity (Wildman–Crippen MR) is 142 cm³/mol. The van der Waals surface area contributed by atoms with Gasteiger partial charge in [-0.3, -0.25) is 4.79 Å². The van der Waals surface area contributed by atoms with Crippen LogP contribution in [0.1, 0.15) is 120 Å². The summed E-state index contributed by atoms with van der Waals surface area (Å²) in [5, 5.41) is 21.3. The molecule has 3 nitrogen and oxygen atoms in total. The van der Waals surface area contributed by atoms with Crippen LogP contribution < -0.4 is 0 Å². The molecule has 0 aromatic heterocycles. The van der Waals surface area contributed by atoms with E-state index in [1.165, 1.54) is 17.6 Å². The molecule has 0 unspecified atom stereocenters. The van der Waals surface area contributed by atoms with Gasteiger partial charge in [0, 0.05) is 6.42 Å². The molecule has 2 N–H and O–H groups in total. The Hall–Kier alpha value is -1.09. The topological polar surface area (TPSA) is 57.5 Å². The highest BCUT2D eigenvalue weighted by Gasteiger charge is 2.71. The fraction of sp³-hybridized carbons (Fsp3) is 0.839. The van der Waals surface area contributed by atoms with Crippen LogP contribution in [0.2, 0.25) is 0 Å². The molecular formula is C31H52O3. The van der Waals surface area contributed by atoms with Gasteiger partial charge in [0.2, 0.25) is 0 Å². The molecule has 0 aromatic carbocycles. The van der Waals surface area contributed by atoms with Gasteiger partial charge in [-0.05, 0) is 125 Å². The molecule has 0 aromatic rings. The van der Waals surface area contributed by atoms with Crippen LogP contribution in [0.4, 0.5) is 0 Å². The average Bonchev–Trinajstić information content (AvgIpc) is 2.99. The molecule has 3 aliphatic carbocycles. The lowest BCUT2D eigenvalue weighted by molar-refractivity contribution is -0.213. The summed E-state index contributed by atoms with van der Waals surface area (Å²) in [5.41, 5.74) is 2.22. The van der Waals surface area contributed by atoms with Crippen molar-refractivity contribution in [3.8, 4) is 0 Å². The molecule has 3 aliphatic rings. The third-order valence-corrected chi connectivity index (χ3v) is 11.9. The van der Waals surface area contributed by atoms with Gasteiger partial charge in [-0.1, -0.05) is 51.5 Å². The summed E-state index contributed by atoms with van der Waals surface area (Å²) in [6.45, 7) is 22.8. The number of hydrogen-bond acceptors (Lipinski definition) is 2. The first kappa shape index (κ1) is 27.5. The Kier molecular flexibility index (Phi) is 7.35. The Labute approximate surface area is 209 Å². The zero-order valence-corrected chi connectivity index (χ0v) is 23.4. The van der Waals surface area contributed by atoms with Gasteiger partial charge in [0.1, 0.15) is 0 Å². The molecule has 0 saturated heterocycles. The molecule has 194 valence electrons. The summed E-state index contributed by atoms with van der Waals surface area (Å²) in [6.07, 6.45) is 11.8. The van der Waals surface area contributed by atoms with E-state index in [4.69, 9.17) is 0 Å². The molecule has 0 aliphatic heterocycles. The quantitative estimate of drug-likeness (QED) is 0.350. The maximum Gasteiger partial charge on any atom is 0.303 e. The van der Waals surface area contributed by atoms with E-state index in [2.05, 4.69) is 68.0 Å². The van der Waals surface area contributed by atoms with Crippen LogP contribution in [0, 0.1) is 39.4 Å². The van der Waals surface area contributed by atoms with Crippen molar-refractivity contribution >= 4 is 5.97 Å². The largest absolute Gasteiger partial charge is 0.481 e. The maximum atomic E-state index is 11.8. The Morgan fingerprint density at radius 3 is 2.21 bits per heavy atom. The second kappa shape index (κ2) is 9.09. The highest BCUT2D eigenvalue weighted by atomic mass is 16.4. The molecule has 3 heteroatoms. The minimum absolute atomic E-state index is 0.0361. The zero-order valence-electron chi connectivity index (χ0n) is 23.4. The summed E-state index contributed by atoms with van der Waals surface area (Å²) in [6, 6.07) is 0. The van der Waals surface area contributed by atoms with E-state index in [1.54, 1.807) is 0 Å². The smallest absolute Gasteiger partial charge is 0.303 e. The van der Waals surface area contributed by atoms with Crippen molar-refractivity contribution in [2.75, 3.05) is 0 Å². The van der Waals surface area contributed by atoms with Crippen LogP contribution in [-0.2, 0) is 4.79 Å². The van der Waals surface area contributed by atoms with Crippen molar-refractivity contribution in [2.45, 2.75) is 125 Å². The van der Waals surface area contributed by atoms with Crippen LogP contribution in [0.15, 0.2) is 23.8 Å². The van der Waals surface area contributed by atoms with Gasteiger partial charge >= 0.3 is 5.97 Å². The van der Waals surface area contributed by atoms with Crippen molar-refractivity contribution in [3.05, 3.63) is 23.8 Å². The number of hydrogen-bond donors (Lipinski definition) is 2. The standard InChI is InChI=1S/C31H52O3/c1-21(2)11-10-16-30(8,34)25-14-20-31(9)28(6)18-12-23(22(3)4)27(5,17-15-26(32)33)24(28)13-19-29(25,31)7/h11,23-25,34H,3,10,12-20H2,1-2,4-9H3,(H,32,33)/t23-,24+,25-,27-,28+,29+,30-,31-/m0/s1. The van der Waals surface area contributed by atoms with Gasteiger partial charge in [-0.25, -0.2) is 0 Å². The van der Waals surface area contributed by atoms with Gasteiger partial charge in [-0.2, -0.15) is 0 Å². The molecule has 8 atom stereocenters. The molecular weight excluding hydrogens is 420 g/mol. The molecule has 3 rings (SSSR count). The number of rotatable bonds is 8. The molecule has 3 fully saturated rings. The first-order valence-corrected chi connectivity index (χ1v) is 13.8. The average molecular weight is 473 g/mol. The lowest BCUT2D eigenvalue weighted by Gasteiger charge is -2.69. The number of carbonyl (C=O) groups is 1. The summed E-state index contributed by atoms with van der Waals surface area (Å²) >= 11 is 0. The van der Waals surface area contributed by atoms with E-state index < -0.39 is 11.6 Å². The van der Waals surface area contributed by atoms with E-state index in [1.807, 2.05) is 0 Å². The number of allylic oxidation sites excluding steroid dienone is 3. The highest BCUT2D eigenvalue weighted by Crippen LogP contribution is 2.78. The van der Waals surface area contributed by atoms with E-state index in [0.29, 0.717) is 17.8 Å². The lowest BCUT2D eigenvalue weighted by Crippen LogP contribution is -2.63. The van der Waals surface area contributed by atoms with Crippen LogP contribution >= 0.6 is 0 Å². The molecule has 0 radical (unpaired) electrons. The van der Waals surface area contributed by atoms with Crippen LogP contribution in [-0.4, -0.2) is 21.8 Å². The second-order valence-corrected chi connectivity index (χ2v) is 13.9. The number of fused-ring (bicyclic) bond motifs is 3. The normalized spacial score (nSPS) is 43.4. The second-order valence-electron chi connectivity index (χ2n) is 13.9. The summed E-state index contributed by atoms with van der Waals surface area (Å²) in [4.78, 5) is 11.6. The molecule has 0 heterocycles. The minimum Gasteiger partial charge on any atom is -0.481 e. The summed E-state index contributed by atoms with van der Waals surface area (Å²) < 4.78 is 0. The van der Waals surface area contributed by atoms with E-state index >= 15 is 0 Å². The Balaban J connectivity index is 1.98. The Bertz CT molecular complexity index is 836. The fourth-order valence-electron chi connectivity index (χ4n) is 9.84. The van der Waals surface area contributed by atoms with Crippen LogP contribution in [0.25, 0.3) is 0 Å². The third kappa shape index (κ3) is 4.12. The maximum absolute atomic E-state index is 11.8. The number of carboxylic acid groups (broad SMARTS) is 1.